The van der Waals surface area contributed by atoms with Crippen LogP contribution in [0.15, 0.2) is 48.9 Å². The topological polar surface area (TPSA) is 70.7 Å². The van der Waals surface area contributed by atoms with Gasteiger partial charge in [0.2, 0.25) is 5.88 Å². The van der Waals surface area contributed by atoms with E-state index in [2.05, 4.69) is 15.1 Å². The SMILES string of the molecule is COc1nc(C=Cc2nc3n(n2)CCC3c2ccc(F)cc2)ccc1-n1cnc(C)c1. The summed E-state index contributed by atoms with van der Waals surface area (Å²) in [5, 5.41) is 4.58. The summed E-state index contributed by atoms with van der Waals surface area (Å²) in [4.78, 5) is 13.5. The number of hydrogen-bond acceptors (Lipinski definition) is 5. The van der Waals surface area contributed by atoms with Crippen LogP contribution < -0.4 is 4.74 Å². The van der Waals surface area contributed by atoms with Gasteiger partial charge in [0.05, 0.1) is 24.8 Å². The molecule has 3 aromatic heterocycles. The second-order valence-corrected chi connectivity index (χ2v) is 7.46. The summed E-state index contributed by atoms with van der Waals surface area (Å²) in [5.41, 5.74) is 3.53. The van der Waals surface area contributed by atoms with Crippen molar-refractivity contribution in [2.45, 2.75) is 25.8 Å². The molecule has 0 spiro atoms. The lowest BCUT2D eigenvalue weighted by Crippen LogP contribution is -1.99. The normalized spacial score (nSPS) is 15.5. The van der Waals surface area contributed by atoms with Crippen LogP contribution in [0.4, 0.5) is 4.39 Å². The second-order valence-electron chi connectivity index (χ2n) is 7.46. The molecule has 1 aromatic carbocycles. The summed E-state index contributed by atoms with van der Waals surface area (Å²) in [6.45, 7) is 2.73. The summed E-state index contributed by atoms with van der Waals surface area (Å²) >= 11 is 0. The molecule has 0 N–H and O–H groups in total. The minimum absolute atomic E-state index is 0.131. The first kappa shape index (κ1) is 19.2. The number of benzene rings is 1. The van der Waals surface area contributed by atoms with Crippen molar-refractivity contribution in [3.05, 3.63) is 83.3 Å². The van der Waals surface area contributed by atoms with Crippen LogP contribution in [0, 0.1) is 12.7 Å². The maximum atomic E-state index is 13.3. The number of nitrogens with zero attached hydrogens (tertiary/aromatic N) is 6. The molecule has 1 aliphatic heterocycles. The van der Waals surface area contributed by atoms with Gasteiger partial charge in [0.25, 0.3) is 0 Å². The van der Waals surface area contributed by atoms with E-state index in [0.29, 0.717) is 11.7 Å². The molecule has 0 bridgehead atoms. The van der Waals surface area contributed by atoms with Gasteiger partial charge in [0.1, 0.15) is 17.3 Å². The molecule has 4 heterocycles. The highest BCUT2D eigenvalue weighted by molar-refractivity contribution is 5.65. The van der Waals surface area contributed by atoms with E-state index in [4.69, 9.17) is 9.72 Å². The van der Waals surface area contributed by atoms with Gasteiger partial charge in [0.15, 0.2) is 5.82 Å². The number of methoxy groups -OCH3 is 1. The van der Waals surface area contributed by atoms with Crippen molar-refractivity contribution in [2.75, 3.05) is 7.11 Å². The smallest absolute Gasteiger partial charge is 0.238 e. The highest BCUT2D eigenvalue weighted by Crippen LogP contribution is 2.33. The van der Waals surface area contributed by atoms with E-state index in [1.54, 1.807) is 13.4 Å². The van der Waals surface area contributed by atoms with Gasteiger partial charge < -0.3 is 9.30 Å². The molecular weight excluding hydrogens is 395 g/mol. The van der Waals surface area contributed by atoms with Crippen molar-refractivity contribution in [3.8, 4) is 11.6 Å². The predicted octanol–water partition coefficient (Wildman–Crippen LogP) is 4.02. The first-order valence-corrected chi connectivity index (χ1v) is 10.0. The maximum Gasteiger partial charge on any atom is 0.238 e. The summed E-state index contributed by atoms with van der Waals surface area (Å²) < 4.78 is 22.5. The van der Waals surface area contributed by atoms with Crippen molar-refractivity contribution in [2.24, 2.45) is 0 Å². The zero-order valence-corrected chi connectivity index (χ0v) is 17.2. The number of imidazole rings is 1. The molecule has 0 aliphatic carbocycles. The highest BCUT2D eigenvalue weighted by atomic mass is 19.1. The molecule has 31 heavy (non-hydrogen) atoms. The van der Waals surface area contributed by atoms with Gasteiger partial charge in [-0.2, -0.15) is 5.10 Å². The number of rotatable bonds is 5. The zero-order valence-electron chi connectivity index (χ0n) is 17.2. The Kier molecular flexibility index (Phi) is 4.82. The number of halogens is 1. The van der Waals surface area contributed by atoms with Crippen LogP contribution >= 0.6 is 0 Å². The van der Waals surface area contributed by atoms with Crippen molar-refractivity contribution in [1.82, 2.24) is 29.3 Å². The number of ether oxygens (including phenoxy) is 1. The Labute approximate surface area is 178 Å². The molecule has 0 saturated heterocycles. The van der Waals surface area contributed by atoms with E-state index >= 15 is 0 Å². The summed E-state index contributed by atoms with van der Waals surface area (Å²) in [6, 6.07) is 10.5. The van der Waals surface area contributed by atoms with Gasteiger partial charge in [-0.05, 0) is 55.3 Å². The fourth-order valence-corrected chi connectivity index (χ4v) is 3.86. The van der Waals surface area contributed by atoms with E-state index in [0.717, 1.165) is 41.4 Å². The number of hydrogen-bond donors (Lipinski definition) is 0. The third-order valence-electron chi connectivity index (χ3n) is 5.38. The Hall–Kier alpha value is -3.81. The van der Waals surface area contributed by atoms with E-state index in [1.807, 2.05) is 58.8 Å². The number of aromatic nitrogens is 6. The fourth-order valence-electron chi connectivity index (χ4n) is 3.86. The number of fused-ring (bicyclic) bond motifs is 1. The third-order valence-corrected chi connectivity index (χ3v) is 5.38. The quantitative estimate of drug-likeness (QED) is 0.491. The van der Waals surface area contributed by atoms with Crippen LogP contribution in [0.1, 0.15) is 40.9 Å². The first-order chi connectivity index (χ1) is 15.1. The van der Waals surface area contributed by atoms with Crippen LogP contribution in [0.2, 0.25) is 0 Å². The highest BCUT2D eigenvalue weighted by Gasteiger charge is 2.27. The van der Waals surface area contributed by atoms with Gasteiger partial charge in [0, 0.05) is 18.7 Å². The van der Waals surface area contributed by atoms with Crippen molar-refractivity contribution in [1.29, 1.82) is 0 Å². The van der Waals surface area contributed by atoms with Crippen LogP contribution in [-0.4, -0.2) is 36.4 Å². The van der Waals surface area contributed by atoms with Crippen LogP contribution in [0.25, 0.3) is 17.8 Å². The van der Waals surface area contributed by atoms with Gasteiger partial charge in [-0.1, -0.05) is 12.1 Å². The van der Waals surface area contributed by atoms with Crippen LogP contribution in [0.5, 0.6) is 5.88 Å². The molecule has 5 rings (SSSR count). The molecule has 8 heteroatoms. The number of pyridine rings is 1. The van der Waals surface area contributed by atoms with Crippen LogP contribution in [0.3, 0.4) is 0 Å². The lowest BCUT2D eigenvalue weighted by Gasteiger charge is -2.08. The van der Waals surface area contributed by atoms with E-state index in [1.165, 1.54) is 12.1 Å². The van der Waals surface area contributed by atoms with E-state index < -0.39 is 0 Å². The molecule has 0 fully saturated rings. The van der Waals surface area contributed by atoms with Gasteiger partial charge >= 0.3 is 0 Å². The third kappa shape index (κ3) is 3.72. The average Bonchev–Trinajstić information content (AvgIpc) is 3.48. The first-order valence-electron chi connectivity index (χ1n) is 10.0. The second kappa shape index (κ2) is 7.79. The molecule has 0 radical (unpaired) electrons. The zero-order chi connectivity index (χ0) is 21.4. The van der Waals surface area contributed by atoms with Gasteiger partial charge in [-0.15, -0.1) is 0 Å². The predicted molar refractivity (Wildman–Crippen MR) is 114 cm³/mol. The van der Waals surface area contributed by atoms with E-state index in [9.17, 15) is 4.39 Å². The van der Waals surface area contributed by atoms with E-state index in [-0.39, 0.29) is 11.7 Å². The fraction of sp³-hybridized carbons (Fsp3) is 0.217. The average molecular weight is 416 g/mol. The minimum atomic E-state index is -0.232. The summed E-state index contributed by atoms with van der Waals surface area (Å²) in [6.07, 6.45) is 8.28. The standard InChI is InChI=1S/C23H21FN6O/c1-15-13-29(14-25-15)20-9-7-18(26-23(20)31-2)8-10-21-27-22-19(11-12-30(22)28-21)16-3-5-17(24)6-4-16/h3-10,13-14,19H,11-12H2,1-2H3. The molecule has 156 valence electrons. The molecule has 0 saturated carbocycles. The Morgan fingerprint density at radius 3 is 2.68 bits per heavy atom. The van der Waals surface area contributed by atoms with Gasteiger partial charge in [-0.25, -0.2) is 24.0 Å². The van der Waals surface area contributed by atoms with Crippen LogP contribution in [-0.2, 0) is 6.54 Å². The molecule has 1 unspecified atom stereocenters. The van der Waals surface area contributed by atoms with Gasteiger partial charge in [-0.3, -0.25) is 0 Å². The van der Waals surface area contributed by atoms with Crippen molar-refractivity contribution < 1.29 is 9.13 Å². The molecule has 1 atom stereocenters. The largest absolute Gasteiger partial charge is 0.479 e. The Morgan fingerprint density at radius 1 is 1.10 bits per heavy atom. The lowest BCUT2D eigenvalue weighted by atomic mass is 9.97. The molecule has 1 aliphatic rings. The molecule has 7 nitrogen and oxygen atoms in total. The minimum Gasteiger partial charge on any atom is -0.479 e. The Balaban J connectivity index is 1.38. The molecular formula is C23H21FN6O. The molecule has 0 amide bonds. The van der Waals surface area contributed by atoms with Crippen molar-refractivity contribution in [3.63, 3.8) is 0 Å². The molecule has 4 aromatic rings. The number of aryl methyl sites for hydroxylation is 2. The Bertz CT molecular complexity index is 1260. The summed E-state index contributed by atoms with van der Waals surface area (Å²) in [7, 11) is 1.60. The van der Waals surface area contributed by atoms with Crippen molar-refractivity contribution >= 4 is 12.2 Å². The monoisotopic (exact) mass is 416 g/mol. The Morgan fingerprint density at radius 2 is 1.94 bits per heavy atom. The summed E-state index contributed by atoms with van der Waals surface area (Å²) in [5.74, 6) is 1.94. The maximum absolute atomic E-state index is 13.3. The lowest BCUT2D eigenvalue weighted by molar-refractivity contribution is 0.395.